The molecule has 0 aliphatic rings. The first kappa shape index (κ1) is 120. The predicted molar refractivity (Wildman–Crippen MR) is 359 cm³/mol. The second kappa shape index (κ2) is 87.9. The van der Waals surface area contributed by atoms with Gasteiger partial charge in [0.15, 0.2) is 23.3 Å². The number of hydrogen-bond donors (Lipinski definition) is 8. The number of nitrogens with two attached hydrogens (primary N) is 4. The third-order valence-corrected chi connectivity index (χ3v) is 8.17. The Kier molecular flexibility index (Phi) is 101. The van der Waals surface area contributed by atoms with E-state index in [9.17, 15) is 20.4 Å². The molecule has 0 radical (unpaired) electrons. The van der Waals surface area contributed by atoms with Gasteiger partial charge >= 0.3 is 66.0 Å². The summed E-state index contributed by atoms with van der Waals surface area (Å²) in [7, 11) is 0. The molecule has 0 fully saturated rings. The molecule has 0 unspecified atom stereocenters. The quantitative estimate of drug-likeness (QED) is 0.0149. The summed E-state index contributed by atoms with van der Waals surface area (Å²) < 4.78 is 19.3. The van der Waals surface area contributed by atoms with E-state index in [0.29, 0.717) is 22.8 Å². The molecule has 0 bridgehead atoms. The normalized spacial score (nSPS) is 11.1. The molecule has 12 N–H and O–H groups in total. The average molecular weight is 1660 g/mol. The van der Waals surface area contributed by atoms with Gasteiger partial charge in [-0.3, -0.25) is 19.9 Å². The Morgan fingerprint density at radius 2 is 0.462 bits per heavy atom. The average Bonchev–Trinajstić information content (AvgIpc) is 0.934. The number of hydrogen-bond acceptors (Lipinski definition) is 40. The molecule has 48 nitrogen and oxygen atoms in total. The van der Waals surface area contributed by atoms with Gasteiger partial charge in [0.05, 0.1) is 43.2 Å². The van der Waals surface area contributed by atoms with Crippen LogP contribution in [-0.2, 0) is 84.9 Å². The van der Waals surface area contributed by atoms with Gasteiger partial charge in [-0.05, 0) is 132 Å². The summed E-state index contributed by atoms with van der Waals surface area (Å²) in [6.07, 6.45) is 6.17. The van der Waals surface area contributed by atoms with Crippen molar-refractivity contribution >= 4 is 69.8 Å². The molecule has 0 spiro atoms. The number of pyridine rings is 4. The van der Waals surface area contributed by atoms with Crippen LogP contribution in [0.3, 0.4) is 0 Å². The van der Waals surface area contributed by atoms with E-state index in [4.69, 9.17) is 124 Å². The van der Waals surface area contributed by atoms with Gasteiger partial charge in [0, 0.05) is 101 Å². The van der Waals surface area contributed by atoms with Crippen molar-refractivity contribution in [1.29, 1.82) is 0 Å². The topological polar surface area (TPSA) is 779 Å². The minimum absolute atomic E-state index is 0. The molecule has 52 heteroatoms. The fourth-order valence-corrected chi connectivity index (χ4v) is 3.94. The molecule has 4 aromatic rings. The summed E-state index contributed by atoms with van der Waals surface area (Å²) in [5, 5.41) is 174. The van der Waals surface area contributed by atoms with Crippen molar-refractivity contribution in [2.75, 3.05) is 52.9 Å². The monoisotopic (exact) mass is 1660 g/mol. The second-order valence-corrected chi connectivity index (χ2v) is 15.2. The third-order valence-electron chi connectivity index (χ3n) is 8.17. The van der Waals surface area contributed by atoms with Crippen LogP contribution < -0.4 is 43.4 Å². The summed E-state index contributed by atoms with van der Waals surface area (Å²) in [4.78, 5) is 48.7. The van der Waals surface area contributed by atoms with E-state index >= 15 is 0 Å². The maximum absolute atomic E-state index is 11.1. The molecule has 0 saturated heterocycles. The summed E-state index contributed by atoms with van der Waals surface area (Å²) >= 11 is 0. The van der Waals surface area contributed by atoms with Crippen molar-refractivity contribution in [3.8, 4) is 0 Å². The molecule has 0 aliphatic heterocycles. The molecule has 0 saturated carbocycles. The standard InChI is InChI=1S/4C9H11N5O2.4C4H10O.4NO3.4Ni/c4*1-6(14-16)9(15)13-12-8(10)7-4-2-3-5-11-7;4*1-3-5-4-2;4*2-1(3)4;;;;/h4*2-5,16H,1H3,(H2,10,12)(H,13,15);4*3-4H2,1-2H3;;;;;;;;/q;;;;;;;;4*-1;4*+2/p-4/b4*14-6+;;;;;;;;;;;;. The largest absolute Gasteiger partial charge is 2.00 e. The van der Waals surface area contributed by atoms with E-state index < -0.39 is 43.9 Å². The van der Waals surface area contributed by atoms with Crippen LogP contribution in [0.2, 0.25) is 0 Å². The molecule has 4 heterocycles. The first-order valence-corrected chi connectivity index (χ1v) is 27.5. The van der Waals surface area contributed by atoms with Gasteiger partial charge < -0.3 is 144 Å². The number of amidine groups is 4. The van der Waals surface area contributed by atoms with Gasteiger partial charge in [0.25, 0.3) is 0 Å². The van der Waals surface area contributed by atoms with Crippen molar-refractivity contribution in [2.24, 2.45) is 84.4 Å². The van der Waals surface area contributed by atoms with Crippen molar-refractivity contribution in [1.82, 2.24) is 19.9 Å². The van der Waals surface area contributed by atoms with Gasteiger partial charge in [-0.2, -0.15) is 20.4 Å². The number of oxime groups is 4. The van der Waals surface area contributed by atoms with E-state index in [1.807, 2.05) is 55.4 Å². The van der Waals surface area contributed by atoms with E-state index in [2.05, 4.69) is 81.4 Å². The van der Waals surface area contributed by atoms with Crippen LogP contribution in [0, 0.1) is 61.3 Å². The van der Waals surface area contributed by atoms with Gasteiger partial charge in [-0.15, -0.1) is 20.4 Å². The maximum Gasteiger partial charge on any atom is 2.00 e. The summed E-state index contributed by atoms with van der Waals surface area (Å²) in [6, 6.07) is 20.3. The van der Waals surface area contributed by atoms with Crippen LogP contribution in [0.25, 0.3) is 0 Å². The van der Waals surface area contributed by atoms with E-state index in [0.717, 1.165) is 52.9 Å². The first-order chi connectivity index (χ1) is 47.2. The van der Waals surface area contributed by atoms with Crippen molar-refractivity contribution in [3.05, 3.63) is 182 Å². The Hall–Kier alpha value is -11.1. The van der Waals surface area contributed by atoms with Gasteiger partial charge in [0.2, 0.25) is 0 Å². The van der Waals surface area contributed by atoms with Crippen molar-refractivity contribution in [3.63, 3.8) is 0 Å². The number of aromatic nitrogens is 4. The summed E-state index contributed by atoms with van der Waals surface area (Å²) in [5.74, 6) is -3.00. The van der Waals surface area contributed by atoms with Crippen LogP contribution in [0.15, 0.2) is 159 Å². The fraction of sp³-hybridized carbons (Fsp3) is 0.385. The minimum atomic E-state index is -1.75. The second-order valence-electron chi connectivity index (χ2n) is 15.2. The van der Waals surface area contributed by atoms with Gasteiger partial charge in [-0.1, -0.05) is 44.9 Å². The zero-order chi connectivity index (χ0) is 78.7. The van der Waals surface area contributed by atoms with E-state index in [-0.39, 0.29) is 112 Å². The molecule has 592 valence electrons. The van der Waals surface area contributed by atoms with Crippen molar-refractivity contribution in [2.45, 2.75) is 83.1 Å². The van der Waals surface area contributed by atoms with E-state index in [1.165, 1.54) is 27.7 Å². The Bertz CT molecular complexity index is 2720. The van der Waals surface area contributed by atoms with E-state index in [1.54, 1.807) is 97.6 Å². The summed E-state index contributed by atoms with van der Waals surface area (Å²) in [6.45, 7) is 27.9. The zero-order valence-electron chi connectivity index (χ0n) is 57.4. The molecule has 0 aromatic carbocycles. The molecule has 0 atom stereocenters. The first-order valence-electron chi connectivity index (χ1n) is 27.5. The Morgan fingerprint density at radius 3 is 0.548 bits per heavy atom. The van der Waals surface area contributed by atoms with Crippen LogP contribution in [0.1, 0.15) is 106 Å². The van der Waals surface area contributed by atoms with Crippen LogP contribution in [0.5, 0.6) is 0 Å². The maximum atomic E-state index is 11.1. The zero-order valence-corrected chi connectivity index (χ0v) is 61.3. The van der Waals surface area contributed by atoms with Crippen LogP contribution >= 0.6 is 0 Å². The fourth-order valence-electron chi connectivity index (χ4n) is 3.94. The minimum Gasteiger partial charge on any atom is -0.856 e. The Balaban J connectivity index is -0.0000000928. The Labute approximate surface area is 635 Å². The molecule has 0 amide bonds. The van der Waals surface area contributed by atoms with Crippen LogP contribution in [0.4, 0.5) is 0 Å². The number of ether oxygens (including phenoxy) is 4. The SMILES string of the molecule is CC(=N\O)/C([O-])=N/N=C(\N)c1ccccn1.CC(=N\O)/C([O-])=N/N=C(\N)c1ccccn1.CC(=N\O)/C([O-])=N/N=C(\N)c1ccccn1.CC(=N\O)/C([O-])=N/N=C(\N)c1ccccn1.CCOCC.CCOCC.CCOCC.CCOCC.O=[N+]([O-])[O-].O=[N+]([O-])[O-].O=[N+]([O-])[O-].O=[N+]([O-])[O-].[Ni+2].[Ni+2].[Ni+2].[Ni+2]. The van der Waals surface area contributed by atoms with Crippen LogP contribution in [-0.4, -0.2) is 184 Å². The van der Waals surface area contributed by atoms with Gasteiger partial charge in [0.1, 0.15) is 22.8 Å². The number of nitrogens with zero attached hydrogens (tertiary/aromatic N) is 20. The summed E-state index contributed by atoms with van der Waals surface area (Å²) in [5.41, 5.74) is 23.1. The smallest absolute Gasteiger partial charge is 0.856 e. The predicted octanol–water partition coefficient (Wildman–Crippen LogP) is 0.448. The molecular formula is C52H80N24Ni4O24. The molecule has 104 heavy (non-hydrogen) atoms. The third kappa shape index (κ3) is 92.9. The number of rotatable bonds is 20. The molecule has 0 aliphatic carbocycles. The Morgan fingerprint density at radius 1 is 0.327 bits per heavy atom. The van der Waals surface area contributed by atoms with Gasteiger partial charge in [-0.25, -0.2) is 0 Å². The molecule has 4 aromatic heterocycles. The molecular weight excluding hydrogens is 1580 g/mol. The molecule has 4 rings (SSSR count). The van der Waals surface area contributed by atoms with Crippen molar-refractivity contribution < 1.29 is 147 Å².